The number of para-hydroxylation sites is 1. The van der Waals surface area contributed by atoms with Gasteiger partial charge in [-0.3, -0.25) is 9.59 Å². The van der Waals surface area contributed by atoms with E-state index in [1.807, 2.05) is 0 Å². The van der Waals surface area contributed by atoms with Crippen LogP contribution in [0.15, 0.2) is 30.5 Å². The number of hydrogen-bond donors (Lipinski definition) is 1. The predicted molar refractivity (Wildman–Crippen MR) is 89.5 cm³/mol. The zero-order valence-corrected chi connectivity index (χ0v) is 14.7. The fourth-order valence-electron chi connectivity index (χ4n) is 3.39. The normalized spacial score (nSPS) is 20.1. The Morgan fingerprint density at radius 1 is 1.22 bits per heavy atom. The summed E-state index contributed by atoms with van der Waals surface area (Å²) >= 11 is 0. The second-order valence-corrected chi connectivity index (χ2v) is 6.74. The largest absolute Gasteiger partial charge is 0.481 e. The van der Waals surface area contributed by atoms with E-state index in [0.29, 0.717) is 5.56 Å². The minimum absolute atomic E-state index is 0.0860. The maximum absolute atomic E-state index is 13.8. The van der Waals surface area contributed by atoms with Crippen molar-refractivity contribution in [3.63, 3.8) is 0 Å². The molecule has 0 unspecified atom stereocenters. The lowest BCUT2D eigenvalue weighted by molar-refractivity contribution is -0.144. The topological polar surface area (TPSA) is 75.4 Å². The van der Waals surface area contributed by atoms with Gasteiger partial charge in [-0.15, -0.1) is 0 Å². The third-order valence-electron chi connectivity index (χ3n) is 4.83. The van der Waals surface area contributed by atoms with Crippen molar-refractivity contribution in [3.8, 4) is 5.69 Å². The minimum atomic E-state index is -4.80. The first-order chi connectivity index (χ1) is 12.6. The molecule has 1 fully saturated rings. The highest BCUT2D eigenvalue weighted by molar-refractivity contribution is 5.96. The molecule has 1 aromatic heterocycles. The zero-order valence-electron chi connectivity index (χ0n) is 14.7. The van der Waals surface area contributed by atoms with Gasteiger partial charge in [0.1, 0.15) is 0 Å². The van der Waals surface area contributed by atoms with Gasteiger partial charge < -0.3 is 10.0 Å². The Morgan fingerprint density at radius 2 is 1.89 bits per heavy atom. The van der Waals surface area contributed by atoms with Crippen LogP contribution in [0.5, 0.6) is 0 Å². The highest BCUT2D eigenvalue weighted by Gasteiger charge is 2.44. The van der Waals surface area contributed by atoms with Gasteiger partial charge in [-0.25, -0.2) is 4.68 Å². The quantitative estimate of drug-likeness (QED) is 0.887. The Hall–Kier alpha value is -2.84. The molecule has 2 heterocycles. The van der Waals surface area contributed by atoms with Crippen molar-refractivity contribution in [1.82, 2.24) is 14.7 Å². The zero-order chi connectivity index (χ0) is 19.9. The first kappa shape index (κ1) is 18.9. The van der Waals surface area contributed by atoms with Crippen molar-refractivity contribution in [2.24, 2.45) is 11.8 Å². The summed E-state index contributed by atoms with van der Waals surface area (Å²) in [7, 11) is 0. The average Bonchev–Trinajstić information content (AvgIpc) is 3.18. The number of aromatic nitrogens is 2. The van der Waals surface area contributed by atoms with Crippen LogP contribution in [0.1, 0.15) is 28.5 Å². The predicted octanol–water partition coefficient (Wildman–Crippen LogP) is 2.99. The summed E-state index contributed by atoms with van der Waals surface area (Å²) in [5, 5.41) is 13.0. The van der Waals surface area contributed by atoms with Crippen molar-refractivity contribution >= 4 is 11.9 Å². The number of carboxylic acid groups (broad SMARTS) is 1. The molecule has 1 aliphatic heterocycles. The molecule has 1 N–H and O–H groups in total. The van der Waals surface area contributed by atoms with Gasteiger partial charge in [-0.2, -0.15) is 18.3 Å². The molecule has 2 atom stereocenters. The van der Waals surface area contributed by atoms with E-state index >= 15 is 0 Å². The summed E-state index contributed by atoms with van der Waals surface area (Å²) in [6.07, 6.45) is -3.91. The average molecular weight is 381 g/mol. The molecular weight excluding hydrogens is 363 g/mol. The van der Waals surface area contributed by atoms with Crippen LogP contribution in [0.4, 0.5) is 13.2 Å². The number of alkyl halides is 3. The highest BCUT2D eigenvalue weighted by atomic mass is 19.4. The third-order valence-corrected chi connectivity index (χ3v) is 4.83. The Bertz CT molecular complexity index is 891. The van der Waals surface area contributed by atoms with Crippen molar-refractivity contribution in [1.29, 1.82) is 0 Å². The summed E-state index contributed by atoms with van der Waals surface area (Å²) in [5.41, 5.74) is -0.940. The van der Waals surface area contributed by atoms with E-state index in [1.165, 1.54) is 6.07 Å². The lowest BCUT2D eigenvalue weighted by Gasteiger charge is -2.18. The molecular formula is C18H18F3N3O3. The molecule has 0 bridgehead atoms. The third kappa shape index (κ3) is 3.41. The standard InChI is InChI=1S/C18H18F3N3O3/c1-10-5-3-4-6-14(10)24-15(18(19,20)21)12(7-22-24)16(25)23-8-11(2)13(9-23)17(26)27/h3-7,11,13H,8-9H2,1-2H3,(H,26,27)/t11-,13-/m1/s1. The van der Waals surface area contributed by atoms with Crippen LogP contribution >= 0.6 is 0 Å². The number of amides is 1. The first-order valence-electron chi connectivity index (χ1n) is 8.34. The van der Waals surface area contributed by atoms with Crippen LogP contribution in [0.3, 0.4) is 0 Å². The number of carbonyl (C=O) groups is 2. The van der Waals surface area contributed by atoms with E-state index in [9.17, 15) is 27.9 Å². The number of halogens is 3. The van der Waals surface area contributed by atoms with E-state index in [-0.39, 0.29) is 24.7 Å². The SMILES string of the molecule is Cc1ccccc1-n1ncc(C(=O)N2C[C@@H](C)[C@H](C(=O)O)C2)c1C(F)(F)F. The molecule has 144 valence electrons. The number of carbonyl (C=O) groups excluding carboxylic acids is 1. The van der Waals surface area contributed by atoms with E-state index in [1.54, 1.807) is 32.0 Å². The van der Waals surface area contributed by atoms with Gasteiger partial charge in [-0.1, -0.05) is 25.1 Å². The summed E-state index contributed by atoms with van der Waals surface area (Å²) < 4.78 is 42.0. The van der Waals surface area contributed by atoms with Crippen LogP contribution in [0, 0.1) is 18.8 Å². The second kappa shape index (κ2) is 6.71. The molecule has 2 aromatic rings. The smallest absolute Gasteiger partial charge is 0.434 e. The molecule has 0 spiro atoms. The Kier molecular flexibility index (Phi) is 4.71. The summed E-state index contributed by atoms with van der Waals surface area (Å²) in [5.74, 6) is -3.07. The Morgan fingerprint density at radius 3 is 2.44 bits per heavy atom. The van der Waals surface area contributed by atoms with Crippen molar-refractivity contribution in [3.05, 3.63) is 47.3 Å². The summed E-state index contributed by atoms with van der Waals surface area (Å²) in [4.78, 5) is 25.1. The molecule has 9 heteroatoms. The van der Waals surface area contributed by atoms with E-state index in [0.717, 1.165) is 15.8 Å². The Balaban J connectivity index is 2.03. The van der Waals surface area contributed by atoms with Crippen molar-refractivity contribution in [2.75, 3.05) is 13.1 Å². The van der Waals surface area contributed by atoms with Crippen molar-refractivity contribution in [2.45, 2.75) is 20.0 Å². The van der Waals surface area contributed by atoms with E-state index in [4.69, 9.17) is 0 Å². The van der Waals surface area contributed by atoms with Gasteiger partial charge in [0.25, 0.3) is 5.91 Å². The molecule has 0 saturated carbocycles. The van der Waals surface area contributed by atoms with Crippen molar-refractivity contribution < 1.29 is 27.9 Å². The van der Waals surface area contributed by atoms with Crippen LogP contribution in [0.2, 0.25) is 0 Å². The molecule has 1 amide bonds. The van der Waals surface area contributed by atoms with Gasteiger partial charge in [0.2, 0.25) is 0 Å². The van der Waals surface area contributed by atoms with Gasteiger partial charge in [-0.05, 0) is 24.5 Å². The number of hydrogen-bond acceptors (Lipinski definition) is 3. The number of rotatable bonds is 3. The van der Waals surface area contributed by atoms with E-state index in [2.05, 4.69) is 5.10 Å². The molecule has 0 aliphatic carbocycles. The van der Waals surface area contributed by atoms with Crippen LogP contribution in [-0.4, -0.2) is 44.8 Å². The van der Waals surface area contributed by atoms with Crippen LogP contribution in [-0.2, 0) is 11.0 Å². The Labute approximate surface area is 153 Å². The number of aliphatic carboxylic acids is 1. The van der Waals surface area contributed by atoms with Crippen LogP contribution < -0.4 is 0 Å². The maximum atomic E-state index is 13.8. The summed E-state index contributed by atoms with van der Waals surface area (Å²) in [6.45, 7) is 3.27. The van der Waals surface area contributed by atoms with E-state index < -0.39 is 35.2 Å². The van der Waals surface area contributed by atoms with Gasteiger partial charge >= 0.3 is 12.1 Å². The minimum Gasteiger partial charge on any atom is -0.481 e. The number of carboxylic acids is 1. The number of nitrogens with zero attached hydrogens (tertiary/aromatic N) is 3. The molecule has 1 aromatic carbocycles. The molecule has 6 nitrogen and oxygen atoms in total. The lowest BCUT2D eigenvalue weighted by Crippen LogP contribution is -2.31. The van der Waals surface area contributed by atoms with Crippen LogP contribution in [0.25, 0.3) is 5.69 Å². The van der Waals surface area contributed by atoms with Gasteiger partial charge in [0.05, 0.1) is 23.4 Å². The van der Waals surface area contributed by atoms with Gasteiger partial charge in [0, 0.05) is 13.1 Å². The molecule has 1 aliphatic rings. The second-order valence-electron chi connectivity index (χ2n) is 6.74. The highest BCUT2D eigenvalue weighted by Crippen LogP contribution is 2.35. The lowest BCUT2D eigenvalue weighted by atomic mass is 9.99. The van der Waals surface area contributed by atoms with Gasteiger partial charge in [0.15, 0.2) is 5.69 Å². The number of likely N-dealkylation sites (tertiary alicyclic amines) is 1. The molecule has 27 heavy (non-hydrogen) atoms. The first-order valence-corrected chi connectivity index (χ1v) is 8.34. The fourth-order valence-corrected chi connectivity index (χ4v) is 3.39. The molecule has 1 saturated heterocycles. The number of benzene rings is 1. The number of aryl methyl sites for hydroxylation is 1. The monoisotopic (exact) mass is 381 g/mol. The fraction of sp³-hybridized carbons (Fsp3) is 0.389. The molecule has 3 rings (SSSR count). The maximum Gasteiger partial charge on any atom is 0.434 e. The molecule has 0 radical (unpaired) electrons. The summed E-state index contributed by atoms with van der Waals surface area (Å²) in [6, 6.07) is 6.42.